The second-order valence-corrected chi connectivity index (χ2v) is 8.64. The van der Waals surface area contributed by atoms with Gasteiger partial charge in [-0.25, -0.2) is 5.01 Å². The third kappa shape index (κ3) is 4.27. The summed E-state index contributed by atoms with van der Waals surface area (Å²) in [5.41, 5.74) is 5.11. The average Bonchev–Trinajstić information content (AvgIpc) is 3.20. The highest BCUT2D eigenvalue weighted by molar-refractivity contribution is 5.85. The summed E-state index contributed by atoms with van der Waals surface area (Å²) < 4.78 is 0. The maximum atomic E-state index is 4.54. The molecule has 2 atom stereocenters. The van der Waals surface area contributed by atoms with Crippen molar-refractivity contribution < 1.29 is 0 Å². The van der Waals surface area contributed by atoms with Gasteiger partial charge < -0.3 is 9.80 Å². The van der Waals surface area contributed by atoms with Crippen LogP contribution < -0.4 is 14.7 Å². The number of hydrogen-bond donors (Lipinski definition) is 0. The van der Waals surface area contributed by atoms with Crippen molar-refractivity contribution in [3.63, 3.8) is 0 Å². The minimum atomic E-state index is 0.350. The summed E-state index contributed by atoms with van der Waals surface area (Å²) in [4.78, 5) is 7.08. The molecule has 2 heterocycles. The molecule has 1 saturated heterocycles. The van der Waals surface area contributed by atoms with Crippen LogP contribution in [0.25, 0.3) is 0 Å². The van der Waals surface area contributed by atoms with E-state index in [2.05, 4.69) is 103 Å². The lowest BCUT2D eigenvalue weighted by molar-refractivity contribution is 0.286. The van der Waals surface area contributed by atoms with E-state index in [1.165, 1.54) is 16.9 Å². The van der Waals surface area contributed by atoms with Crippen molar-refractivity contribution in [3.8, 4) is 0 Å². The fourth-order valence-electron chi connectivity index (χ4n) is 4.43. The Bertz CT molecular complexity index is 918. The van der Waals surface area contributed by atoms with Crippen LogP contribution in [0.15, 0.2) is 66.0 Å². The largest absolute Gasteiger partial charge is 0.368 e. The molecular formula is C26H35N5. The summed E-state index contributed by atoms with van der Waals surface area (Å²) in [5.74, 6) is 0.915. The predicted octanol–water partition coefficient (Wildman–Crippen LogP) is 5.30. The van der Waals surface area contributed by atoms with E-state index < -0.39 is 0 Å². The van der Waals surface area contributed by atoms with Crippen molar-refractivity contribution in [2.75, 3.05) is 34.3 Å². The van der Waals surface area contributed by atoms with Crippen LogP contribution in [-0.2, 0) is 6.42 Å². The Balaban J connectivity index is 1.41. The van der Waals surface area contributed by atoms with Crippen LogP contribution in [0.2, 0.25) is 0 Å². The first-order valence-corrected chi connectivity index (χ1v) is 11.5. The fourth-order valence-corrected chi connectivity index (χ4v) is 4.43. The number of nitrogens with zero attached hydrogens (tertiary/aromatic N) is 5. The molecule has 5 heteroatoms. The monoisotopic (exact) mass is 417 g/mol. The Kier molecular flexibility index (Phi) is 6.21. The Morgan fingerprint density at radius 2 is 1.61 bits per heavy atom. The lowest BCUT2D eigenvalue weighted by Gasteiger charge is -2.42. The summed E-state index contributed by atoms with van der Waals surface area (Å²) in [5, 5.41) is 6.54. The highest BCUT2D eigenvalue weighted by Gasteiger charge is 2.26. The van der Waals surface area contributed by atoms with E-state index in [4.69, 9.17) is 0 Å². The van der Waals surface area contributed by atoms with Gasteiger partial charge in [0.05, 0.1) is 6.04 Å². The summed E-state index contributed by atoms with van der Waals surface area (Å²) >= 11 is 0. The molecule has 164 valence electrons. The van der Waals surface area contributed by atoms with Gasteiger partial charge in [0.15, 0.2) is 0 Å². The van der Waals surface area contributed by atoms with Crippen molar-refractivity contribution >= 4 is 23.4 Å². The first-order chi connectivity index (χ1) is 15.0. The number of aryl methyl sites for hydroxylation is 1. The normalized spacial score (nSPS) is 20.0. The van der Waals surface area contributed by atoms with Crippen LogP contribution in [-0.4, -0.2) is 43.1 Å². The Morgan fingerprint density at radius 3 is 2.23 bits per heavy atom. The number of hydrazone groups is 1. The van der Waals surface area contributed by atoms with Gasteiger partial charge in [-0.2, -0.15) is 5.10 Å². The smallest absolute Gasteiger partial charge is 0.128 e. The van der Waals surface area contributed by atoms with E-state index in [1.54, 1.807) is 0 Å². The van der Waals surface area contributed by atoms with Gasteiger partial charge >= 0.3 is 0 Å². The molecular weight excluding hydrogens is 382 g/mol. The molecule has 5 nitrogen and oxygen atoms in total. The molecule has 1 fully saturated rings. The third-order valence-corrected chi connectivity index (χ3v) is 6.64. The summed E-state index contributed by atoms with van der Waals surface area (Å²) in [6, 6.07) is 18.6. The maximum Gasteiger partial charge on any atom is 0.128 e. The van der Waals surface area contributed by atoms with E-state index >= 15 is 0 Å². The SMILES string of the molecule is C=C1N(c2ccc(N3CCN(c4ccc(CC)cc4)CC3C)cc2)C=NN1C(C)CC. The van der Waals surface area contributed by atoms with Crippen molar-refractivity contribution in [1.82, 2.24) is 5.01 Å². The minimum Gasteiger partial charge on any atom is -0.368 e. The topological polar surface area (TPSA) is 25.3 Å². The molecule has 0 spiro atoms. The van der Waals surface area contributed by atoms with Crippen LogP contribution in [0.3, 0.4) is 0 Å². The van der Waals surface area contributed by atoms with Gasteiger partial charge in [-0.1, -0.05) is 32.6 Å². The van der Waals surface area contributed by atoms with Crippen molar-refractivity contribution in [3.05, 3.63) is 66.5 Å². The molecule has 2 aromatic carbocycles. The zero-order valence-electron chi connectivity index (χ0n) is 19.3. The lowest BCUT2D eigenvalue weighted by atomic mass is 10.1. The summed E-state index contributed by atoms with van der Waals surface area (Å²) in [6.07, 6.45) is 4.00. The van der Waals surface area contributed by atoms with E-state index in [-0.39, 0.29) is 0 Å². The lowest BCUT2D eigenvalue weighted by Crippen LogP contribution is -2.52. The Hall–Kier alpha value is -2.95. The summed E-state index contributed by atoms with van der Waals surface area (Å²) in [6.45, 7) is 16.2. The molecule has 0 aliphatic carbocycles. The molecule has 31 heavy (non-hydrogen) atoms. The highest BCUT2D eigenvalue weighted by Crippen LogP contribution is 2.30. The zero-order chi connectivity index (χ0) is 22.0. The number of piperazine rings is 1. The van der Waals surface area contributed by atoms with Crippen LogP contribution in [0.5, 0.6) is 0 Å². The first kappa shape index (κ1) is 21.3. The first-order valence-electron chi connectivity index (χ1n) is 11.5. The number of benzene rings is 2. The molecule has 4 rings (SSSR count). The van der Waals surface area contributed by atoms with E-state index in [1.807, 2.05) is 11.3 Å². The van der Waals surface area contributed by atoms with Gasteiger partial charge in [0.25, 0.3) is 0 Å². The Labute approximate surface area is 187 Å². The third-order valence-electron chi connectivity index (χ3n) is 6.64. The fraction of sp³-hybridized carbons (Fsp3) is 0.423. The standard InChI is InChI=1S/C26H35N5/c1-6-20(3)31-22(5)30(19-27-31)26-14-12-25(13-15-26)29-17-16-28(18-21(29)4)24-10-8-23(7-2)9-11-24/h8-15,19-21H,5-7,16-18H2,1-4H3. The molecule has 0 radical (unpaired) electrons. The predicted molar refractivity (Wildman–Crippen MR) is 133 cm³/mol. The van der Waals surface area contributed by atoms with Crippen molar-refractivity contribution in [1.29, 1.82) is 0 Å². The van der Waals surface area contributed by atoms with Gasteiger partial charge in [0.1, 0.15) is 12.2 Å². The molecule has 0 aromatic heterocycles. The van der Waals surface area contributed by atoms with Crippen LogP contribution in [0.4, 0.5) is 17.1 Å². The number of hydrogen-bond acceptors (Lipinski definition) is 5. The van der Waals surface area contributed by atoms with Crippen LogP contribution in [0, 0.1) is 0 Å². The van der Waals surface area contributed by atoms with E-state index in [0.717, 1.165) is 44.0 Å². The molecule has 2 aliphatic heterocycles. The van der Waals surface area contributed by atoms with E-state index in [9.17, 15) is 0 Å². The summed E-state index contributed by atoms with van der Waals surface area (Å²) in [7, 11) is 0. The Morgan fingerprint density at radius 1 is 0.968 bits per heavy atom. The maximum absolute atomic E-state index is 4.54. The van der Waals surface area contributed by atoms with Gasteiger partial charge in [0, 0.05) is 42.7 Å². The molecule has 2 unspecified atom stereocenters. The van der Waals surface area contributed by atoms with Crippen LogP contribution in [0.1, 0.15) is 39.7 Å². The molecule has 0 amide bonds. The molecule has 2 aromatic rings. The van der Waals surface area contributed by atoms with Gasteiger partial charge in [-0.15, -0.1) is 0 Å². The quantitative estimate of drug-likeness (QED) is 0.637. The van der Waals surface area contributed by atoms with Gasteiger partial charge in [0.2, 0.25) is 0 Å². The zero-order valence-corrected chi connectivity index (χ0v) is 19.3. The van der Waals surface area contributed by atoms with Crippen molar-refractivity contribution in [2.24, 2.45) is 5.10 Å². The highest BCUT2D eigenvalue weighted by atomic mass is 15.6. The number of anilines is 3. The second-order valence-electron chi connectivity index (χ2n) is 8.64. The molecule has 2 aliphatic rings. The molecule has 0 saturated carbocycles. The molecule has 0 bridgehead atoms. The average molecular weight is 418 g/mol. The molecule has 0 N–H and O–H groups in total. The van der Waals surface area contributed by atoms with E-state index in [0.29, 0.717) is 12.1 Å². The van der Waals surface area contributed by atoms with Gasteiger partial charge in [-0.05, 0) is 68.7 Å². The second kappa shape index (κ2) is 9.04. The van der Waals surface area contributed by atoms with Gasteiger partial charge in [-0.3, -0.25) is 4.90 Å². The minimum absolute atomic E-state index is 0.350. The van der Waals surface area contributed by atoms with Crippen LogP contribution >= 0.6 is 0 Å². The number of rotatable bonds is 6. The van der Waals surface area contributed by atoms with Crippen molar-refractivity contribution in [2.45, 2.75) is 52.6 Å².